The number of carbonyl (C=O) groups is 2. The lowest BCUT2D eigenvalue weighted by Crippen LogP contribution is -2.46. The standard InChI is InChI=1S/C23H18FN5O2/c24-18-7-2-1-5-16(18)20-17-6-3-4-14-10-11-29(21(14)17)23(31)22(28-20)27-19(30)9-8-15-12-25-13-26-15/h1-9,12-13,22H,10-11H2,(H,25,26)(H,27,30). The van der Waals surface area contributed by atoms with Crippen LogP contribution in [0, 0.1) is 5.82 Å². The number of hydrogen-bond acceptors (Lipinski definition) is 4. The first-order valence-corrected chi connectivity index (χ1v) is 9.85. The summed E-state index contributed by atoms with van der Waals surface area (Å²) in [4.78, 5) is 38.7. The van der Waals surface area contributed by atoms with Gasteiger partial charge in [0.2, 0.25) is 12.1 Å². The molecule has 0 saturated carbocycles. The number of H-pyrrole nitrogens is 1. The molecule has 2 aliphatic rings. The van der Waals surface area contributed by atoms with Crippen molar-refractivity contribution in [2.45, 2.75) is 12.6 Å². The van der Waals surface area contributed by atoms with E-state index in [4.69, 9.17) is 0 Å². The molecule has 0 aliphatic carbocycles. The molecule has 2 N–H and O–H groups in total. The molecule has 154 valence electrons. The van der Waals surface area contributed by atoms with Crippen LogP contribution in [-0.2, 0) is 16.0 Å². The van der Waals surface area contributed by atoms with Crippen LogP contribution in [0.4, 0.5) is 10.1 Å². The molecule has 31 heavy (non-hydrogen) atoms. The minimum Gasteiger partial charge on any atom is -0.345 e. The monoisotopic (exact) mass is 415 g/mol. The molecular formula is C23H18FN5O2. The average Bonchev–Trinajstić information content (AvgIpc) is 3.43. The normalized spacial score (nSPS) is 17.5. The van der Waals surface area contributed by atoms with E-state index in [1.54, 1.807) is 35.4 Å². The highest BCUT2D eigenvalue weighted by Gasteiger charge is 2.37. The number of aromatic nitrogens is 2. The summed E-state index contributed by atoms with van der Waals surface area (Å²) in [6.07, 6.45) is 5.43. The highest BCUT2D eigenvalue weighted by atomic mass is 19.1. The highest BCUT2D eigenvalue weighted by Crippen LogP contribution is 2.36. The molecule has 5 rings (SSSR count). The summed E-state index contributed by atoms with van der Waals surface area (Å²) in [7, 11) is 0. The molecule has 1 unspecified atom stereocenters. The zero-order valence-electron chi connectivity index (χ0n) is 16.4. The molecule has 1 aromatic heterocycles. The van der Waals surface area contributed by atoms with Crippen molar-refractivity contribution >= 4 is 29.3 Å². The van der Waals surface area contributed by atoms with Crippen molar-refractivity contribution in [3.8, 4) is 0 Å². The number of aromatic amines is 1. The maximum Gasteiger partial charge on any atom is 0.272 e. The summed E-state index contributed by atoms with van der Waals surface area (Å²) in [6, 6.07) is 12.0. The van der Waals surface area contributed by atoms with Crippen LogP contribution in [0.3, 0.4) is 0 Å². The van der Waals surface area contributed by atoms with Crippen LogP contribution in [0.15, 0.2) is 66.1 Å². The number of nitrogens with zero attached hydrogens (tertiary/aromatic N) is 3. The average molecular weight is 415 g/mol. The molecule has 0 radical (unpaired) electrons. The van der Waals surface area contributed by atoms with Crippen molar-refractivity contribution in [2.24, 2.45) is 4.99 Å². The molecule has 0 spiro atoms. The zero-order chi connectivity index (χ0) is 21.4. The van der Waals surface area contributed by atoms with Crippen LogP contribution in [-0.4, -0.2) is 40.2 Å². The number of amides is 2. The fourth-order valence-electron chi connectivity index (χ4n) is 3.94. The van der Waals surface area contributed by atoms with E-state index in [2.05, 4.69) is 20.3 Å². The molecule has 2 amide bonds. The van der Waals surface area contributed by atoms with Gasteiger partial charge in [0.15, 0.2) is 0 Å². The molecular weight excluding hydrogens is 397 g/mol. The Bertz CT molecular complexity index is 1230. The number of hydrogen-bond donors (Lipinski definition) is 2. The molecule has 3 aromatic rings. The van der Waals surface area contributed by atoms with Gasteiger partial charge < -0.3 is 15.2 Å². The SMILES string of the molecule is O=C(C=Cc1cnc[nH]1)NC1N=C(c2ccccc2F)c2cccc3c2N(CC3)C1=O. The first-order valence-electron chi connectivity index (χ1n) is 9.85. The first kappa shape index (κ1) is 18.9. The van der Waals surface area contributed by atoms with Gasteiger partial charge in [-0.15, -0.1) is 0 Å². The number of halogens is 1. The van der Waals surface area contributed by atoms with Crippen molar-refractivity contribution in [1.29, 1.82) is 0 Å². The lowest BCUT2D eigenvalue weighted by atomic mass is 9.98. The summed E-state index contributed by atoms with van der Waals surface area (Å²) >= 11 is 0. The number of carbonyl (C=O) groups excluding carboxylic acids is 2. The van der Waals surface area contributed by atoms with Gasteiger partial charge in [-0.3, -0.25) is 9.59 Å². The van der Waals surface area contributed by atoms with Gasteiger partial charge >= 0.3 is 0 Å². The second-order valence-corrected chi connectivity index (χ2v) is 7.26. The van der Waals surface area contributed by atoms with E-state index in [1.807, 2.05) is 18.2 Å². The number of para-hydroxylation sites is 1. The number of nitrogens with one attached hydrogen (secondary N) is 2. The Hall–Kier alpha value is -4.07. The summed E-state index contributed by atoms with van der Waals surface area (Å²) < 4.78 is 14.7. The molecule has 7 nitrogen and oxygen atoms in total. The van der Waals surface area contributed by atoms with Gasteiger partial charge in [-0.1, -0.05) is 30.3 Å². The Labute approximate surface area is 177 Å². The summed E-state index contributed by atoms with van der Waals surface area (Å²) in [5.41, 5.74) is 3.69. The van der Waals surface area contributed by atoms with Crippen molar-refractivity contribution < 1.29 is 14.0 Å². The van der Waals surface area contributed by atoms with E-state index in [9.17, 15) is 14.0 Å². The molecule has 0 fully saturated rings. The van der Waals surface area contributed by atoms with E-state index in [0.717, 1.165) is 11.3 Å². The Balaban J connectivity index is 1.56. The van der Waals surface area contributed by atoms with Crippen LogP contribution in [0.1, 0.15) is 22.4 Å². The van der Waals surface area contributed by atoms with Crippen LogP contribution in [0.5, 0.6) is 0 Å². The molecule has 0 bridgehead atoms. The Kier molecular flexibility index (Phi) is 4.66. The van der Waals surface area contributed by atoms with Gasteiger partial charge in [0.1, 0.15) is 5.82 Å². The van der Waals surface area contributed by atoms with Crippen LogP contribution < -0.4 is 10.2 Å². The molecule has 1 atom stereocenters. The summed E-state index contributed by atoms with van der Waals surface area (Å²) in [5.74, 6) is -1.28. The van der Waals surface area contributed by atoms with Crippen molar-refractivity contribution in [1.82, 2.24) is 15.3 Å². The first-order chi connectivity index (χ1) is 15.1. The number of imidazole rings is 1. The second-order valence-electron chi connectivity index (χ2n) is 7.26. The summed E-state index contributed by atoms with van der Waals surface area (Å²) in [5, 5.41) is 2.65. The van der Waals surface area contributed by atoms with E-state index < -0.39 is 17.9 Å². The quantitative estimate of drug-likeness (QED) is 0.642. The fraction of sp³-hybridized carbons (Fsp3) is 0.130. The largest absolute Gasteiger partial charge is 0.345 e. The molecule has 8 heteroatoms. The second kappa shape index (κ2) is 7.64. The minimum absolute atomic E-state index is 0.282. The predicted octanol–water partition coefficient (Wildman–Crippen LogP) is 2.44. The van der Waals surface area contributed by atoms with Gasteiger partial charge in [0.05, 0.1) is 29.6 Å². The molecule has 2 aliphatic heterocycles. The lowest BCUT2D eigenvalue weighted by molar-refractivity contribution is -0.125. The third-order valence-corrected chi connectivity index (χ3v) is 5.35. The maximum atomic E-state index is 14.7. The van der Waals surface area contributed by atoms with Gasteiger partial charge in [-0.2, -0.15) is 0 Å². The van der Waals surface area contributed by atoms with Crippen LogP contribution in [0.25, 0.3) is 6.08 Å². The predicted molar refractivity (Wildman–Crippen MR) is 114 cm³/mol. The van der Waals surface area contributed by atoms with Crippen molar-refractivity contribution in [3.63, 3.8) is 0 Å². The highest BCUT2D eigenvalue weighted by molar-refractivity contribution is 6.21. The van der Waals surface area contributed by atoms with Crippen molar-refractivity contribution in [2.75, 3.05) is 11.4 Å². The molecule has 2 aromatic carbocycles. The van der Waals surface area contributed by atoms with Crippen molar-refractivity contribution in [3.05, 3.63) is 89.3 Å². The van der Waals surface area contributed by atoms with Gasteiger partial charge in [0, 0.05) is 23.7 Å². The molecule has 3 heterocycles. The van der Waals surface area contributed by atoms with E-state index in [-0.39, 0.29) is 11.5 Å². The number of anilines is 1. The number of rotatable bonds is 4. The summed E-state index contributed by atoms with van der Waals surface area (Å²) in [6.45, 7) is 0.488. The van der Waals surface area contributed by atoms with Gasteiger partial charge in [-0.25, -0.2) is 14.4 Å². The van der Waals surface area contributed by atoms with Gasteiger partial charge in [-0.05, 0) is 30.2 Å². The lowest BCUT2D eigenvalue weighted by Gasteiger charge is -2.20. The Morgan fingerprint density at radius 2 is 2.03 bits per heavy atom. The topological polar surface area (TPSA) is 90.4 Å². The van der Waals surface area contributed by atoms with Gasteiger partial charge in [0.25, 0.3) is 5.91 Å². The van der Waals surface area contributed by atoms with Crippen LogP contribution in [0.2, 0.25) is 0 Å². The third kappa shape index (κ3) is 3.42. The van der Waals surface area contributed by atoms with E-state index in [0.29, 0.717) is 29.9 Å². The Morgan fingerprint density at radius 3 is 2.84 bits per heavy atom. The fourth-order valence-corrected chi connectivity index (χ4v) is 3.94. The van der Waals surface area contributed by atoms with E-state index >= 15 is 0 Å². The maximum absolute atomic E-state index is 14.7. The smallest absolute Gasteiger partial charge is 0.272 e. The Morgan fingerprint density at radius 1 is 1.19 bits per heavy atom. The minimum atomic E-state index is -1.17. The van der Waals surface area contributed by atoms with E-state index in [1.165, 1.54) is 18.5 Å². The van der Waals surface area contributed by atoms with Crippen LogP contribution >= 0.6 is 0 Å². The third-order valence-electron chi connectivity index (χ3n) is 5.35. The number of benzene rings is 2. The molecule has 0 saturated heterocycles. The number of aliphatic imine (C=N–C) groups is 1. The zero-order valence-corrected chi connectivity index (χ0v) is 16.4.